The van der Waals surface area contributed by atoms with E-state index in [9.17, 15) is 0 Å². The molecule has 0 saturated carbocycles. The lowest BCUT2D eigenvalue weighted by Gasteiger charge is -2.18. The summed E-state index contributed by atoms with van der Waals surface area (Å²) in [6, 6.07) is 5.18. The summed E-state index contributed by atoms with van der Waals surface area (Å²) in [6.07, 6.45) is 0.589. The van der Waals surface area contributed by atoms with Gasteiger partial charge in [0.2, 0.25) is 0 Å². The Hall–Kier alpha value is -0.780. The number of benzene rings is 1. The molecule has 1 aromatic carbocycles. The van der Waals surface area contributed by atoms with Gasteiger partial charge in [0.05, 0.1) is 22.5 Å². The highest BCUT2D eigenvalue weighted by Gasteiger charge is 2.20. The molecule has 1 aromatic heterocycles. The second kappa shape index (κ2) is 6.99. The summed E-state index contributed by atoms with van der Waals surface area (Å²) in [6.45, 7) is 4.65. The topological polar surface area (TPSA) is 55.9 Å². The zero-order chi connectivity index (χ0) is 15.6. The minimum absolute atomic E-state index is 0.173. The van der Waals surface area contributed by atoms with Gasteiger partial charge in [-0.2, -0.15) is 5.10 Å². The van der Waals surface area contributed by atoms with Crippen LogP contribution in [0.1, 0.15) is 29.9 Å². The van der Waals surface area contributed by atoms with Crippen LogP contribution in [0.4, 0.5) is 0 Å². The van der Waals surface area contributed by atoms with Crippen LogP contribution in [-0.2, 0) is 13.0 Å². The molecule has 0 aliphatic heterocycles. The van der Waals surface area contributed by atoms with Gasteiger partial charge in [-0.3, -0.25) is 16.0 Å². The predicted octanol–water partition coefficient (Wildman–Crippen LogP) is 3.92. The number of aryl methyl sites for hydroxylation is 2. The average molecular weight is 348 g/mol. The van der Waals surface area contributed by atoms with E-state index in [4.69, 9.17) is 40.6 Å². The Morgan fingerprint density at radius 1 is 1.33 bits per heavy atom. The van der Waals surface area contributed by atoms with E-state index in [1.807, 2.05) is 24.6 Å². The standard InChI is InChI=1S/C14H17Cl3N4/c1-3-21-13(14(17)8(2)20-21)7-12(19-18)10-5-4-9(15)6-11(10)16/h4-6,12,19H,3,7,18H2,1-2H3. The van der Waals surface area contributed by atoms with E-state index in [1.165, 1.54) is 0 Å². The van der Waals surface area contributed by atoms with E-state index in [2.05, 4.69) is 10.5 Å². The molecule has 3 N–H and O–H groups in total. The van der Waals surface area contributed by atoms with Crippen LogP contribution < -0.4 is 11.3 Å². The van der Waals surface area contributed by atoms with Gasteiger partial charge in [-0.1, -0.05) is 40.9 Å². The van der Waals surface area contributed by atoms with Gasteiger partial charge in [0.15, 0.2) is 0 Å². The lowest BCUT2D eigenvalue weighted by Crippen LogP contribution is -2.30. The minimum atomic E-state index is -0.173. The maximum absolute atomic E-state index is 6.34. The molecule has 2 aromatic rings. The molecule has 7 heteroatoms. The SMILES string of the molecule is CCn1nc(C)c(Cl)c1CC(NN)c1ccc(Cl)cc1Cl. The third-order valence-electron chi connectivity index (χ3n) is 3.39. The molecule has 0 radical (unpaired) electrons. The van der Waals surface area contributed by atoms with Crippen molar-refractivity contribution in [2.45, 2.75) is 32.9 Å². The number of nitrogens with one attached hydrogen (secondary N) is 1. The molecule has 4 nitrogen and oxygen atoms in total. The normalized spacial score (nSPS) is 12.7. The highest BCUT2D eigenvalue weighted by molar-refractivity contribution is 6.35. The number of nitrogens with zero attached hydrogens (tertiary/aromatic N) is 2. The van der Waals surface area contributed by atoms with Crippen LogP contribution in [0.2, 0.25) is 15.1 Å². The highest BCUT2D eigenvalue weighted by atomic mass is 35.5. The van der Waals surface area contributed by atoms with Crippen LogP contribution in [0.5, 0.6) is 0 Å². The zero-order valence-corrected chi connectivity index (χ0v) is 14.1. The number of aromatic nitrogens is 2. The first kappa shape index (κ1) is 16.6. The van der Waals surface area contributed by atoms with Gasteiger partial charge >= 0.3 is 0 Å². The number of hydrogen-bond donors (Lipinski definition) is 2. The molecule has 2 rings (SSSR count). The fraction of sp³-hybridized carbons (Fsp3) is 0.357. The Bertz CT molecular complexity index is 639. The van der Waals surface area contributed by atoms with Gasteiger partial charge in [0, 0.05) is 23.0 Å². The quantitative estimate of drug-likeness (QED) is 0.636. The first-order valence-corrected chi connectivity index (χ1v) is 7.74. The molecule has 1 heterocycles. The Morgan fingerprint density at radius 3 is 2.62 bits per heavy atom. The smallest absolute Gasteiger partial charge is 0.0847 e. The van der Waals surface area contributed by atoms with Crippen LogP contribution in [0.25, 0.3) is 0 Å². The molecule has 0 bridgehead atoms. The average Bonchev–Trinajstić information content (AvgIpc) is 2.72. The van der Waals surface area contributed by atoms with E-state index in [-0.39, 0.29) is 6.04 Å². The molecule has 1 unspecified atom stereocenters. The largest absolute Gasteiger partial charge is 0.271 e. The molecule has 0 spiro atoms. The first-order chi connectivity index (χ1) is 9.97. The summed E-state index contributed by atoms with van der Waals surface area (Å²) in [5, 5.41) is 6.24. The lowest BCUT2D eigenvalue weighted by molar-refractivity contribution is 0.517. The van der Waals surface area contributed by atoms with Crippen molar-refractivity contribution < 1.29 is 0 Å². The van der Waals surface area contributed by atoms with E-state index in [0.29, 0.717) is 21.5 Å². The Morgan fingerprint density at radius 2 is 2.05 bits per heavy atom. The maximum Gasteiger partial charge on any atom is 0.0847 e. The van der Waals surface area contributed by atoms with Crippen LogP contribution >= 0.6 is 34.8 Å². The van der Waals surface area contributed by atoms with Gasteiger partial charge in [-0.25, -0.2) is 0 Å². The van der Waals surface area contributed by atoms with Crippen molar-refractivity contribution in [1.29, 1.82) is 0 Å². The second-order valence-corrected chi connectivity index (χ2v) is 5.97. The maximum atomic E-state index is 6.34. The van der Waals surface area contributed by atoms with E-state index in [0.717, 1.165) is 23.5 Å². The lowest BCUT2D eigenvalue weighted by atomic mass is 10.0. The Kier molecular flexibility index (Phi) is 5.52. The molecule has 0 saturated heterocycles. The van der Waals surface area contributed by atoms with E-state index >= 15 is 0 Å². The first-order valence-electron chi connectivity index (χ1n) is 6.60. The summed E-state index contributed by atoms with van der Waals surface area (Å²) < 4.78 is 1.88. The fourth-order valence-corrected chi connectivity index (χ4v) is 3.05. The molecule has 0 fully saturated rings. The van der Waals surface area contributed by atoms with Crippen molar-refractivity contribution >= 4 is 34.8 Å². The number of hydrazine groups is 1. The monoisotopic (exact) mass is 346 g/mol. The zero-order valence-electron chi connectivity index (χ0n) is 11.8. The summed E-state index contributed by atoms with van der Waals surface area (Å²) in [4.78, 5) is 0. The number of halogens is 3. The minimum Gasteiger partial charge on any atom is -0.271 e. The van der Waals surface area contributed by atoms with E-state index in [1.54, 1.807) is 12.1 Å². The van der Waals surface area contributed by atoms with Crippen molar-refractivity contribution in [3.8, 4) is 0 Å². The molecular formula is C14H17Cl3N4. The van der Waals surface area contributed by atoms with Crippen molar-refractivity contribution in [1.82, 2.24) is 15.2 Å². The molecule has 0 aliphatic carbocycles. The highest BCUT2D eigenvalue weighted by Crippen LogP contribution is 2.30. The Balaban J connectivity index is 2.35. The molecular weight excluding hydrogens is 331 g/mol. The molecule has 1 atom stereocenters. The fourth-order valence-electron chi connectivity index (χ4n) is 2.30. The predicted molar refractivity (Wildman–Crippen MR) is 87.9 cm³/mol. The van der Waals surface area contributed by atoms with Crippen LogP contribution in [0, 0.1) is 6.92 Å². The van der Waals surface area contributed by atoms with Gasteiger partial charge < -0.3 is 0 Å². The van der Waals surface area contributed by atoms with Crippen molar-refractivity contribution in [3.05, 3.63) is 50.2 Å². The van der Waals surface area contributed by atoms with Crippen molar-refractivity contribution in [2.24, 2.45) is 5.84 Å². The molecule has 21 heavy (non-hydrogen) atoms. The summed E-state index contributed by atoms with van der Waals surface area (Å²) >= 11 is 18.5. The summed E-state index contributed by atoms with van der Waals surface area (Å²) in [5.41, 5.74) is 5.41. The number of nitrogens with two attached hydrogens (primary N) is 1. The summed E-state index contributed by atoms with van der Waals surface area (Å²) in [5.74, 6) is 5.69. The molecule has 0 amide bonds. The molecule has 0 aliphatic rings. The van der Waals surface area contributed by atoms with Gasteiger partial charge in [-0.15, -0.1) is 0 Å². The van der Waals surface area contributed by atoms with Gasteiger partial charge in [0.25, 0.3) is 0 Å². The van der Waals surface area contributed by atoms with Gasteiger partial charge in [0.1, 0.15) is 0 Å². The van der Waals surface area contributed by atoms with Gasteiger partial charge in [-0.05, 0) is 31.5 Å². The second-order valence-electron chi connectivity index (χ2n) is 4.75. The van der Waals surface area contributed by atoms with Crippen LogP contribution in [-0.4, -0.2) is 9.78 Å². The summed E-state index contributed by atoms with van der Waals surface area (Å²) in [7, 11) is 0. The Labute approximate surface area is 139 Å². The number of rotatable bonds is 5. The van der Waals surface area contributed by atoms with Crippen molar-refractivity contribution in [3.63, 3.8) is 0 Å². The van der Waals surface area contributed by atoms with E-state index < -0.39 is 0 Å². The third-order valence-corrected chi connectivity index (χ3v) is 4.44. The van der Waals surface area contributed by atoms with Crippen molar-refractivity contribution in [2.75, 3.05) is 0 Å². The van der Waals surface area contributed by atoms with Crippen LogP contribution in [0.3, 0.4) is 0 Å². The van der Waals surface area contributed by atoms with Crippen LogP contribution in [0.15, 0.2) is 18.2 Å². The molecule has 114 valence electrons. The number of hydrogen-bond acceptors (Lipinski definition) is 3. The third kappa shape index (κ3) is 3.52.